The van der Waals surface area contributed by atoms with Gasteiger partial charge in [0, 0.05) is 18.0 Å². The molecule has 0 saturated heterocycles. The van der Waals surface area contributed by atoms with Crippen molar-refractivity contribution in [2.75, 3.05) is 27.2 Å². The third kappa shape index (κ3) is 4.04. The Hall–Kier alpha value is -0.910. The smallest absolute Gasteiger partial charge is 0.261 e. The number of hydrogen-bond donors (Lipinski definition) is 2. The molecule has 0 spiro atoms. The first-order valence-corrected chi connectivity index (χ1v) is 7.96. The van der Waals surface area contributed by atoms with Crippen molar-refractivity contribution < 1.29 is 9.90 Å². The highest BCUT2D eigenvalue weighted by molar-refractivity contribution is 7.14. The summed E-state index contributed by atoms with van der Waals surface area (Å²) < 4.78 is 0. The normalized spacial score (nSPS) is 17.6. The van der Waals surface area contributed by atoms with Crippen LogP contribution in [0.25, 0.3) is 0 Å². The number of nitrogens with one attached hydrogen (secondary N) is 1. The Balaban J connectivity index is 1.93. The van der Waals surface area contributed by atoms with E-state index in [1.165, 1.54) is 23.3 Å². The van der Waals surface area contributed by atoms with Crippen LogP contribution in [0.4, 0.5) is 0 Å². The summed E-state index contributed by atoms with van der Waals surface area (Å²) in [4.78, 5) is 16.2. The number of aryl methyl sites for hydroxylation is 2. The minimum absolute atomic E-state index is 0.0663. The van der Waals surface area contributed by atoms with Crippen molar-refractivity contribution in [3.05, 3.63) is 21.4 Å². The van der Waals surface area contributed by atoms with Crippen LogP contribution in [0.2, 0.25) is 0 Å². The zero-order chi connectivity index (χ0) is 14.8. The monoisotopic (exact) mass is 296 g/mol. The average Bonchev–Trinajstić information content (AvgIpc) is 2.78. The molecular formula is C15H24N2O2S. The van der Waals surface area contributed by atoms with Crippen molar-refractivity contribution in [3.63, 3.8) is 0 Å². The zero-order valence-corrected chi connectivity index (χ0v) is 13.3. The van der Waals surface area contributed by atoms with E-state index in [1.54, 1.807) is 18.3 Å². The molecule has 4 nitrogen and oxygen atoms in total. The van der Waals surface area contributed by atoms with Crippen molar-refractivity contribution >= 4 is 17.2 Å². The van der Waals surface area contributed by atoms with E-state index in [2.05, 4.69) is 5.32 Å². The Morgan fingerprint density at radius 2 is 2.15 bits per heavy atom. The van der Waals surface area contributed by atoms with Crippen molar-refractivity contribution in [2.45, 2.75) is 38.2 Å². The third-order valence-corrected chi connectivity index (χ3v) is 4.74. The van der Waals surface area contributed by atoms with Gasteiger partial charge in [0.1, 0.15) is 0 Å². The number of carbonyl (C=O) groups excluding carboxylic acids is 1. The molecule has 1 aromatic rings. The fourth-order valence-corrected chi connectivity index (χ4v) is 3.87. The second-order valence-corrected chi connectivity index (χ2v) is 7.32. The highest BCUT2D eigenvalue weighted by Crippen LogP contribution is 2.29. The highest BCUT2D eigenvalue weighted by atomic mass is 32.1. The van der Waals surface area contributed by atoms with Gasteiger partial charge < -0.3 is 15.3 Å². The molecule has 5 heteroatoms. The van der Waals surface area contributed by atoms with E-state index in [0.717, 1.165) is 17.7 Å². The van der Waals surface area contributed by atoms with Gasteiger partial charge in [0.05, 0.1) is 10.5 Å². The number of likely N-dealkylation sites (N-methyl/N-ethyl adjacent to an activating group) is 1. The van der Waals surface area contributed by atoms with Gasteiger partial charge in [-0.2, -0.15) is 0 Å². The molecule has 1 aliphatic rings. The summed E-state index contributed by atoms with van der Waals surface area (Å²) in [5.74, 6) is -0.0663. The lowest BCUT2D eigenvalue weighted by Gasteiger charge is -2.26. The Kier molecular flexibility index (Phi) is 4.83. The van der Waals surface area contributed by atoms with Gasteiger partial charge in [-0.05, 0) is 58.3 Å². The van der Waals surface area contributed by atoms with Crippen LogP contribution in [0, 0.1) is 0 Å². The third-order valence-electron chi connectivity index (χ3n) is 3.51. The van der Waals surface area contributed by atoms with Crippen LogP contribution in [-0.2, 0) is 12.8 Å². The molecule has 2 rings (SSSR count). The van der Waals surface area contributed by atoms with Crippen LogP contribution in [0.15, 0.2) is 6.07 Å². The second-order valence-electron chi connectivity index (χ2n) is 6.18. The van der Waals surface area contributed by atoms with Gasteiger partial charge in [0.15, 0.2) is 0 Å². The Bertz CT molecular complexity index is 457. The summed E-state index contributed by atoms with van der Waals surface area (Å²) in [6.07, 6.45) is 4.65. The van der Waals surface area contributed by atoms with Gasteiger partial charge in [0.2, 0.25) is 0 Å². The number of aliphatic hydroxyl groups is 1. The van der Waals surface area contributed by atoms with Crippen molar-refractivity contribution in [3.8, 4) is 0 Å². The molecule has 1 unspecified atom stereocenters. The van der Waals surface area contributed by atoms with Gasteiger partial charge in [-0.25, -0.2) is 0 Å². The number of thiophene rings is 1. The summed E-state index contributed by atoms with van der Waals surface area (Å²) in [5, 5.41) is 13.0. The standard InChI is InChI=1S/C15H24N2O2S/c1-15(19,10-17(2)3)9-16-14(18)13-8-11-6-4-5-7-12(11)20-13/h8,19H,4-7,9-10H2,1-3H3,(H,16,18). The average molecular weight is 296 g/mol. The Labute approximate surface area is 124 Å². The van der Waals surface area contributed by atoms with Crippen LogP contribution in [0.1, 0.15) is 39.9 Å². The minimum Gasteiger partial charge on any atom is -0.387 e. The van der Waals surface area contributed by atoms with E-state index in [0.29, 0.717) is 6.54 Å². The molecule has 1 aliphatic carbocycles. The quantitative estimate of drug-likeness (QED) is 0.869. The van der Waals surface area contributed by atoms with Gasteiger partial charge >= 0.3 is 0 Å². The molecule has 20 heavy (non-hydrogen) atoms. The number of rotatable bonds is 5. The first kappa shape index (κ1) is 15.5. The van der Waals surface area contributed by atoms with E-state index < -0.39 is 5.60 Å². The summed E-state index contributed by atoms with van der Waals surface area (Å²) >= 11 is 1.60. The predicted octanol–water partition coefficient (Wildman–Crippen LogP) is 1.67. The van der Waals surface area contributed by atoms with E-state index in [-0.39, 0.29) is 12.5 Å². The molecule has 1 heterocycles. The number of hydrogen-bond acceptors (Lipinski definition) is 4. The first-order chi connectivity index (χ1) is 9.37. The molecule has 1 amide bonds. The lowest BCUT2D eigenvalue weighted by Crippen LogP contribution is -2.47. The Morgan fingerprint density at radius 3 is 2.80 bits per heavy atom. The van der Waals surface area contributed by atoms with Crippen molar-refractivity contribution in [1.29, 1.82) is 0 Å². The Morgan fingerprint density at radius 1 is 1.45 bits per heavy atom. The summed E-state index contributed by atoms with van der Waals surface area (Å²) in [6.45, 7) is 2.54. The molecule has 112 valence electrons. The largest absolute Gasteiger partial charge is 0.387 e. The van der Waals surface area contributed by atoms with Gasteiger partial charge in [-0.3, -0.25) is 4.79 Å². The van der Waals surface area contributed by atoms with Gasteiger partial charge in [-0.1, -0.05) is 0 Å². The number of fused-ring (bicyclic) bond motifs is 1. The number of carbonyl (C=O) groups is 1. The van der Waals surface area contributed by atoms with Crippen LogP contribution in [0.5, 0.6) is 0 Å². The van der Waals surface area contributed by atoms with Gasteiger partial charge in [-0.15, -0.1) is 11.3 Å². The SMILES string of the molecule is CN(C)CC(C)(O)CNC(=O)c1cc2c(s1)CCCC2. The maximum Gasteiger partial charge on any atom is 0.261 e. The van der Waals surface area contributed by atoms with Crippen molar-refractivity contribution in [2.24, 2.45) is 0 Å². The molecule has 0 saturated carbocycles. The van der Waals surface area contributed by atoms with Crippen LogP contribution < -0.4 is 5.32 Å². The zero-order valence-electron chi connectivity index (χ0n) is 12.5. The molecule has 0 aliphatic heterocycles. The lowest BCUT2D eigenvalue weighted by molar-refractivity contribution is 0.0326. The van der Waals surface area contributed by atoms with Crippen LogP contribution in [-0.4, -0.2) is 48.7 Å². The molecule has 2 N–H and O–H groups in total. The second kappa shape index (κ2) is 6.24. The fraction of sp³-hybridized carbons (Fsp3) is 0.667. The van der Waals surface area contributed by atoms with E-state index in [9.17, 15) is 9.90 Å². The molecule has 1 aromatic heterocycles. The topological polar surface area (TPSA) is 52.6 Å². The molecule has 0 bridgehead atoms. The predicted molar refractivity (Wildman–Crippen MR) is 82.5 cm³/mol. The van der Waals surface area contributed by atoms with Crippen LogP contribution >= 0.6 is 11.3 Å². The van der Waals surface area contributed by atoms with E-state index in [1.807, 2.05) is 25.1 Å². The van der Waals surface area contributed by atoms with Gasteiger partial charge in [0.25, 0.3) is 5.91 Å². The fourth-order valence-electron chi connectivity index (χ4n) is 2.70. The summed E-state index contributed by atoms with van der Waals surface area (Å²) in [6, 6.07) is 2.02. The number of nitrogens with zero attached hydrogens (tertiary/aromatic N) is 1. The van der Waals surface area contributed by atoms with Crippen LogP contribution in [0.3, 0.4) is 0 Å². The molecule has 0 fully saturated rings. The summed E-state index contributed by atoms with van der Waals surface area (Å²) in [5.41, 5.74) is 0.433. The molecular weight excluding hydrogens is 272 g/mol. The number of amides is 1. The first-order valence-electron chi connectivity index (χ1n) is 7.14. The maximum atomic E-state index is 12.2. The van der Waals surface area contributed by atoms with Crippen molar-refractivity contribution in [1.82, 2.24) is 10.2 Å². The van der Waals surface area contributed by atoms with E-state index in [4.69, 9.17) is 0 Å². The lowest BCUT2D eigenvalue weighted by atomic mass is 9.99. The molecule has 1 atom stereocenters. The maximum absolute atomic E-state index is 12.2. The molecule has 0 radical (unpaired) electrons. The molecule has 0 aromatic carbocycles. The van der Waals surface area contributed by atoms with E-state index >= 15 is 0 Å². The summed E-state index contributed by atoms with van der Waals surface area (Å²) in [7, 11) is 3.81. The highest BCUT2D eigenvalue weighted by Gasteiger charge is 2.23. The minimum atomic E-state index is -0.907.